The van der Waals surface area contributed by atoms with Crippen LogP contribution in [0.3, 0.4) is 0 Å². The summed E-state index contributed by atoms with van der Waals surface area (Å²) in [5.74, 6) is -0.225. The van der Waals surface area contributed by atoms with E-state index in [-0.39, 0.29) is 12.0 Å². The second kappa shape index (κ2) is 4.99. The Morgan fingerprint density at radius 3 is 2.90 bits per heavy atom. The summed E-state index contributed by atoms with van der Waals surface area (Å²) in [7, 11) is 1.36. The monoisotopic (exact) mass is 143 g/mol. The molecule has 0 rings (SSSR count). The number of hydrogen-bond acceptors (Lipinski definition) is 3. The van der Waals surface area contributed by atoms with Gasteiger partial charge >= 0.3 is 5.97 Å². The minimum Gasteiger partial charge on any atom is -0.469 e. The summed E-state index contributed by atoms with van der Waals surface area (Å²) in [5, 5.41) is 0. The van der Waals surface area contributed by atoms with Gasteiger partial charge in [-0.05, 0) is 6.42 Å². The van der Waals surface area contributed by atoms with Gasteiger partial charge in [0.25, 0.3) is 0 Å². The first kappa shape index (κ1) is 9.17. The van der Waals surface area contributed by atoms with Crippen molar-refractivity contribution < 1.29 is 9.53 Å². The summed E-state index contributed by atoms with van der Waals surface area (Å²) >= 11 is 0. The minimum atomic E-state index is -0.225. The number of nitrogens with two attached hydrogens (primary N) is 1. The van der Waals surface area contributed by atoms with Crippen molar-refractivity contribution in [2.24, 2.45) is 5.73 Å². The van der Waals surface area contributed by atoms with Gasteiger partial charge in [-0.1, -0.05) is 6.08 Å². The highest BCUT2D eigenvalue weighted by atomic mass is 16.5. The molecule has 0 saturated carbocycles. The second-order valence-corrected chi connectivity index (χ2v) is 2.01. The molecule has 2 N–H and O–H groups in total. The normalized spacial score (nSPS) is 12.2. The van der Waals surface area contributed by atoms with Crippen LogP contribution in [0.2, 0.25) is 0 Å². The average Bonchev–Trinajstić information content (AvgIpc) is 1.99. The first-order chi connectivity index (χ1) is 4.70. The Hall–Kier alpha value is -0.830. The molecular weight excluding hydrogens is 130 g/mol. The van der Waals surface area contributed by atoms with Gasteiger partial charge in [0.1, 0.15) is 0 Å². The number of methoxy groups -OCH3 is 1. The van der Waals surface area contributed by atoms with Crippen LogP contribution in [-0.4, -0.2) is 19.1 Å². The second-order valence-electron chi connectivity index (χ2n) is 2.01. The van der Waals surface area contributed by atoms with Gasteiger partial charge in [0, 0.05) is 12.5 Å². The molecule has 58 valence electrons. The number of rotatable bonds is 4. The molecule has 0 saturated heterocycles. The van der Waals surface area contributed by atoms with E-state index < -0.39 is 0 Å². The molecule has 0 fully saturated rings. The SMILES string of the molecule is C=C[C@@H](N)CCC(=O)OC. The van der Waals surface area contributed by atoms with Gasteiger partial charge < -0.3 is 10.5 Å². The Balaban J connectivity index is 3.34. The summed E-state index contributed by atoms with van der Waals surface area (Å²) in [6.45, 7) is 3.49. The lowest BCUT2D eigenvalue weighted by Crippen LogP contribution is -2.18. The fraction of sp³-hybridized carbons (Fsp3) is 0.571. The Bertz CT molecular complexity index is 123. The third-order valence-corrected chi connectivity index (χ3v) is 1.21. The molecule has 0 aromatic carbocycles. The van der Waals surface area contributed by atoms with Gasteiger partial charge in [-0.2, -0.15) is 0 Å². The molecule has 0 aromatic rings. The van der Waals surface area contributed by atoms with Gasteiger partial charge in [0.05, 0.1) is 7.11 Å². The lowest BCUT2D eigenvalue weighted by molar-refractivity contribution is -0.140. The quantitative estimate of drug-likeness (QED) is 0.459. The highest BCUT2D eigenvalue weighted by Gasteiger charge is 2.02. The van der Waals surface area contributed by atoms with Gasteiger partial charge in [0.15, 0.2) is 0 Å². The topological polar surface area (TPSA) is 52.3 Å². The smallest absolute Gasteiger partial charge is 0.305 e. The maximum absolute atomic E-state index is 10.5. The molecule has 0 radical (unpaired) electrons. The summed E-state index contributed by atoms with van der Waals surface area (Å²) in [6.07, 6.45) is 2.59. The largest absolute Gasteiger partial charge is 0.469 e. The molecule has 0 aliphatic rings. The maximum atomic E-state index is 10.5. The van der Waals surface area contributed by atoms with E-state index in [0.717, 1.165) is 0 Å². The van der Waals surface area contributed by atoms with E-state index >= 15 is 0 Å². The number of hydrogen-bond donors (Lipinski definition) is 1. The first-order valence-corrected chi connectivity index (χ1v) is 3.15. The summed E-state index contributed by atoms with van der Waals surface area (Å²) in [5.41, 5.74) is 5.45. The van der Waals surface area contributed by atoms with E-state index in [0.29, 0.717) is 12.8 Å². The minimum absolute atomic E-state index is 0.0981. The molecule has 10 heavy (non-hydrogen) atoms. The molecule has 1 atom stereocenters. The van der Waals surface area contributed by atoms with Crippen LogP contribution in [0, 0.1) is 0 Å². The standard InChI is InChI=1S/C7H13NO2/c1-3-6(8)4-5-7(9)10-2/h3,6H,1,4-5,8H2,2H3/t6-/m1/s1. The van der Waals surface area contributed by atoms with E-state index in [4.69, 9.17) is 5.73 Å². The summed E-state index contributed by atoms with van der Waals surface area (Å²) in [6, 6.07) is -0.0981. The molecule has 0 bridgehead atoms. The fourth-order valence-corrected chi connectivity index (χ4v) is 0.504. The molecule has 0 aromatic heterocycles. The van der Waals surface area contributed by atoms with Crippen molar-refractivity contribution >= 4 is 5.97 Å². The summed E-state index contributed by atoms with van der Waals surface area (Å²) in [4.78, 5) is 10.5. The molecule has 0 heterocycles. The van der Waals surface area contributed by atoms with Crippen LogP contribution < -0.4 is 5.73 Å². The van der Waals surface area contributed by atoms with E-state index in [9.17, 15) is 4.79 Å². The predicted octanol–water partition coefficient (Wildman–Crippen LogP) is 0.453. The van der Waals surface area contributed by atoms with Crippen molar-refractivity contribution in [3.05, 3.63) is 12.7 Å². The average molecular weight is 143 g/mol. The number of ether oxygens (including phenoxy) is 1. The zero-order chi connectivity index (χ0) is 7.98. The van der Waals surface area contributed by atoms with Crippen LogP contribution in [0.5, 0.6) is 0 Å². The molecule has 0 aliphatic heterocycles. The van der Waals surface area contributed by atoms with Gasteiger partial charge in [-0.3, -0.25) is 4.79 Å². The molecule has 3 heteroatoms. The molecule has 0 aliphatic carbocycles. The van der Waals surface area contributed by atoms with Crippen molar-refractivity contribution in [2.45, 2.75) is 18.9 Å². The Kier molecular flexibility index (Phi) is 4.58. The molecular formula is C7H13NO2. The van der Waals surface area contributed by atoms with Crippen LogP contribution in [0.4, 0.5) is 0 Å². The van der Waals surface area contributed by atoms with Crippen molar-refractivity contribution in [3.63, 3.8) is 0 Å². The van der Waals surface area contributed by atoms with Crippen LogP contribution in [-0.2, 0) is 9.53 Å². The van der Waals surface area contributed by atoms with E-state index in [2.05, 4.69) is 11.3 Å². The van der Waals surface area contributed by atoms with Crippen LogP contribution in [0.1, 0.15) is 12.8 Å². The Morgan fingerprint density at radius 1 is 1.90 bits per heavy atom. The predicted molar refractivity (Wildman–Crippen MR) is 39.4 cm³/mol. The molecule has 0 unspecified atom stereocenters. The van der Waals surface area contributed by atoms with E-state index in [1.807, 2.05) is 0 Å². The zero-order valence-corrected chi connectivity index (χ0v) is 6.17. The molecule has 0 amide bonds. The van der Waals surface area contributed by atoms with Crippen molar-refractivity contribution in [1.82, 2.24) is 0 Å². The third-order valence-electron chi connectivity index (χ3n) is 1.21. The van der Waals surface area contributed by atoms with Crippen molar-refractivity contribution in [2.75, 3.05) is 7.11 Å². The highest BCUT2D eigenvalue weighted by Crippen LogP contribution is 1.95. The van der Waals surface area contributed by atoms with Crippen LogP contribution in [0.15, 0.2) is 12.7 Å². The number of esters is 1. The van der Waals surface area contributed by atoms with Gasteiger partial charge in [0.2, 0.25) is 0 Å². The fourth-order valence-electron chi connectivity index (χ4n) is 0.504. The Morgan fingerprint density at radius 2 is 2.50 bits per heavy atom. The lowest BCUT2D eigenvalue weighted by Gasteiger charge is -2.02. The first-order valence-electron chi connectivity index (χ1n) is 3.15. The summed E-state index contributed by atoms with van der Waals surface area (Å²) < 4.78 is 4.42. The van der Waals surface area contributed by atoms with Gasteiger partial charge in [-0.25, -0.2) is 0 Å². The van der Waals surface area contributed by atoms with Crippen LogP contribution >= 0.6 is 0 Å². The van der Waals surface area contributed by atoms with Crippen molar-refractivity contribution in [1.29, 1.82) is 0 Å². The third kappa shape index (κ3) is 4.09. The Labute approximate surface area is 60.9 Å². The lowest BCUT2D eigenvalue weighted by atomic mass is 10.2. The van der Waals surface area contributed by atoms with E-state index in [1.165, 1.54) is 7.11 Å². The van der Waals surface area contributed by atoms with Gasteiger partial charge in [-0.15, -0.1) is 6.58 Å². The molecule has 0 spiro atoms. The van der Waals surface area contributed by atoms with Crippen LogP contribution in [0.25, 0.3) is 0 Å². The maximum Gasteiger partial charge on any atom is 0.305 e. The molecule has 3 nitrogen and oxygen atoms in total. The number of carbonyl (C=O) groups is 1. The number of carbonyl (C=O) groups excluding carboxylic acids is 1. The van der Waals surface area contributed by atoms with E-state index in [1.54, 1.807) is 6.08 Å². The van der Waals surface area contributed by atoms with Crippen molar-refractivity contribution in [3.8, 4) is 0 Å². The highest BCUT2D eigenvalue weighted by molar-refractivity contribution is 5.69. The zero-order valence-electron chi connectivity index (χ0n) is 6.17.